The molecule has 1 aromatic heterocycles. The van der Waals surface area contributed by atoms with E-state index in [1.165, 1.54) is 12.1 Å². The number of carbonyl (C=O) groups is 1. The van der Waals surface area contributed by atoms with E-state index in [4.69, 9.17) is 4.74 Å². The van der Waals surface area contributed by atoms with E-state index in [0.29, 0.717) is 31.7 Å². The van der Waals surface area contributed by atoms with Crippen molar-refractivity contribution in [2.45, 2.75) is 18.9 Å². The fourth-order valence-corrected chi connectivity index (χ4v) is 3.44. The number of ether oxygens (including phenoxy) is 1. The summed E-state index contributed by atoms with van der Waals surface area (Å²) in [5, 5.41) is 4.21. The minimum atomic E-state index is -0.240. The summed E-state index contributed by atoms with van der Waals surface area (Å²) >= 11 is 0. The molecule has 1 aromatic carbocycles. The Bertz CT molecular complexity index is 774. The number of nitrogens with zero attached hydrogens (tertiary/aromatic N) is 3. The largest absolute Gasteiger partial charge is 0.373 e. The number of rotatable bonds is 7. The van der Waals surface area contributed by atoms with E-state index in [0.717, 1.165) is 12.0 Å². The quantitative estimate of drug-likeness (QED) is 0.716. The number of halogens is 1. The molecular formula is C20H24FN3O2. The zero-order chi connectivity index (χ0) is 18.5. The molecule has 2 aromatic rings. The summed E-state index contributed by atoms with van der Waals surface area (Å²) < 4.78 is 21.5. The third-order valence-corrected chi connectivity index (χ3v) is 4.82. The van der Waals surface area contributed by atoms with Crippen LogP contribution in [0.5, 0.6) is 0 Å². The first-order valence-corrected chi connectivity index (χ1v) is 8.83. The summed E-state index contributed by atoms with van der Waals surface area (Å²) in [6, 6.07) is 6.67. The van der Waals surface area contributed by atoms with Gasteiger partial charge >= 0.3 is 0 Å². The van der Waals surface area contributed by atoms with Crippen LogP contribution >= 0.6 is 0 Å². The molecule has 1 aliphatic heterocycles. The minimum absolute atomic E-state index is 0.0720. The van der Waals surface area contributed by atoms with Gasteiger partial charge < -0.3 is 9.64 Å². The van der Waals surface area contributed by atoms with Gasteiger partial charge in [0.05, 0.1) is 12.3 Å². The van der Waals surface area contributed by atoms with E-state index in [1.807, 2.05) is 19.4 Å². The lowest BCUT2D eigenvalue weighted by atomic mass is 9.96. The lowest BCUT2D eigenvalue weighted by Gasteiger charge is -2.27. The van der Waals surface area contributed by atoms with Crippen molar-refractivity contribution in [1.29, 1.82) is 0 Å². The molecule has 0 radical (unpaired) electrons. The van der Waals surface area contributed by atoms with Crippen LogP contribution in [0.3, 0.4) is 0 Å². The maximum atomic E-state index is 13.9. The molecule has 1 saturated heterocycles. The SMILES string of the molecule is C=CC(=O)N(CCc1ccccc1F)CC1CCOC1c1cnn(C)c1. The molecule has 2 unspecified atom stereocenters. The van der Waals surface area contributed by atoms with Gasteiger partial charge in [0.15, 0.2) is 0 Å². The van der Waals surface area contributed by atoms with Crippen molar-refractivity contribution in [3.05, 3.63) is 66.3 Å². The number of hydrogen-bond donors (Lipinski definition) is 0. The zero-order valence-electron chi connectivity index (χ0n) is 15.0. The molecule has 5 nitrogen and oxygen atoms in total. The second-order valence-corrected chi connectivity index (χ2v) is 6.62. The summed E-state index contributed by atoms with van der Waals surface area (Å²) in [5.41, 5.74) is 1.64. The Hall–Kier alpha value is -2.47. The highest BCUT2D eigenvalue weighted by atomic mass is 19.1. The number of aryl methyl sites for hydroxylation is 1. The number of aromatic nitrogens is 2. The molecule has 2 atom stereocenters. The molecule has 0 aliphatic carbocycles. The first-order chi connectivity index (χ1) is 12.6. The predicted molar refractivity (Wildman–Crippen MR) is 96.9 cm³/mol. The fourth-order valence-electron chi connectivity index (χ4n) is 3.44. The number of hydrogen-bond acceptors (Lipinski definition) is 3. The lowest BCUT2D eigenvalue weighted by molar-refractivity contribution is -0.126. The van der Waals surface area contributed by atoms with Crippen LogP contribution in [0.4, 0.5) is 4.39 Å². The van der Waals surface area contributed by atoms with Gasteiger partial charge in [-0.1, -0.05) is 24.8 Å². The first kappa shape index (κ1) is 18.3. The van der Waals surface area contributed by atoms with Crippen molar-refractivity contribution in [1.82, 2.24) is 14.7 Å². The average Bonchev–Trinajstić information content (AvgIpc) is 3.27. The Labute approximate surface area is 153 Å². The Morgan fingerprint density at radius 3 is 3.00 bits per heavy atom. The normalized spacial score (nSPS) is 19.5. The number of benzene rings is 1. The van der Waals surface area contributed by atoms with Crippen molar-refractivity contribution in [2.75, 3.05) is 19.7 Å². The van der Waals surface area contributed by atoms with E-state index in [9.17, 15) is 9.18 Å². The van der Waals surface area contributed by atoms with Crippen molar-refractivity contribution >= 4 is 5.91 Å². The Morgan fingerprint density at radius 1 is 1.50 bits per heavy atom. The van der Waals surface area contributed by atoms with Gasteiger partial charge in [0, 0.05) is 44.4 Å². The van der Waals surface area contributed by atoms with Crippen LogP contribution < -0.4 is 0 Å². The molecule has 26 heavy (non-hydrogen) atoms. The molecule has 3 rings (SSSR count). The molecule has 0 N–H and O–H groups in total. The molecule has 2 heterocycles. The number of carbonyl (C=O) groups excluding carboxylic acids is 1. The maximum Gasteiger partial charge on any atom is 0.245 e. The fraction of sp³-hybridized carbons (Fsp3) is 0.400. The molecule has 0 bridgehead atoms. The molecule has 6 heteroatoms. The second-order valence-electron chi connectivity index (χ2n) is 6.62. The van der Waals surface area contributed by atoms with Gasteiger partial charge in [-0.2, -0.15) is 5.10 Å². The average molecular weight is 357 g/mol. The van der Waals surface area contributed by atoms with Crippen LogP contribution in [-0.4, -0.2) is 40.3 Å². The minimum Gasteiger partial charge on any atom is -0.373 e. The summed E-state index contributed by atoms with van der Waals surface area (Å²) in [6.07, 6.45) is 6.34. The van der Waals surface area contributed by atoms with E-state index >= 15 is 0 Å². The van der Waals surface area contributed by atoms with Crippen LogP contribution in [0.25, 0.3) is 0 Å². The molecular weight excluding hydrogens is 333 g/mol. The number of amides is 1. The van der Waals surface area contributed by atoms with Crippen LogP contribution in [0.15, 0.2) is 49.3 Å². The molecule has 1 aliphatic rings. The topological polar surface area (TPSA) is 47.4 Å². The molecule has 0 saturated carbocycles. The Kier molecular flexibility index (Phi) is 5.83. The van der Waals surface area contributed by atoms with Gasteiger partial charge in [-0.15, -0.1) is 0 Å². The summed E-state index contributed by atoms with van der Waals surface area (Å²) in [7, 11) is 1.87. The highest BCUT2D eigenvalue weighted by Gasteiger charge is 2.32. The summed E-state index contributed by atoms with van der Waals surface area (Å²) in [4.78, 5) is 14.0. The molecule has 1 amide bonds. The maximum absolute atomic E-state index is 13.9. The van der Waals surface area contributed by atoms with Crippen molar-refractivity contribution in [2.24, 2.45) is 13.0 Å². The smallest absolute Gasteiger partial charge is 0.245 e. The lowest BCUT2D eigenvalue weighted by Crippen LogP contribution is -2.36. The van der Waals surface area contributed by atoms with Crippen molar-refractivity contribution in [3.8, 4) is 0 Å². The summed E-state index contributed by atoms with van der Waals surface area (Å²) in [6.45, 7) is 5.26. The highest BCUT2D eigenvalue weighted by Crippen LogP contribution is 2.35. The molecule has 1 fully saturated rings. The van der Waals surface area contributed by atoms with Crippen LogP contribution in [0, 0.1) is 11.7 Å². The van der Waals surface area contributed by atoms with Crippen LogP contribution in [-0.2, 0) is 23.0 Å². The van der Waals surface area contributed by atoms with E-state index in [1.54, 1.807) is 27.8 Å². The van der Waals surface area contributed by atoms with Crippen molar-refractivity contribution in [3.63, 3.8) is 0 Å². The molecule has 0 spiro atoms. The third kappa shape index (κ3) is 4.19. The zero-order valence-corrected chi connectivity index (χ0v) is 15.0. The van der Waals surface area contributed by atoms with Gasteiger partial charge in [-0.05, 0) is 30.5 Å². The Balaban J connectivity index is 1.68. The van der Waals surface area contributed by atoms with Gasteiger partial charge in [-0.25, -0.2) is 4.39 Å². The van der Waals surface area contributed by atoms with Crippen molar-refractivity contribution < 1.29 is 13.9 Å². The summed E-state index contributed by atoms with van der Waals surface area (Å²) in [5.74, 6) is -0.196. The van der Waals surface area contributed by atoms with Crippen LogP contribution in [0.2, 0.25) is 0 Å². The standard InChI is InChI=1S/C20H24FN3O2/c1-3-19(25)24(10-8-15-6-4-5-7-18(15)21)14-16-9-11-26-20(16)17-12-22-23(2)13-17/h3-7,12-13,16,20H,1,8-11,14H2,2H3. The highest BCUT2D eigenvalue weighted by molar-refractivity contribution is 5.87. The second kappa shape index (κ2) is 8.27. The van der Waals surface area contributed by atoms with Gasteiger partial charge in [0.25, 0.3) is 0 Å². The van der Waals surface area contributed by atoms with E-state index in [2.05, 4.69) is 11.7 Å². The first-order valence-electron chi connectivity index (χ1n) is 8.83. The third-order valence-electron chi connectivity index (χ3n) is 4.82. The monoisotopic (exact) mass is 357 g/mol. The predicted octanol–water partition coefficient (Wildman–Crippen LogP) is 2.89. The van der Waals surface area contributed by atoms with Gasteiger partial charge in [-0.3, -0.25) is 9.48 Å². The van der Waals surface area contributed by atoms with Crippen LogP contribution in [0.1, 0.15) is 23.7 Å². The van der Waals surface area contributed by atoms with E-state index in [-0.39, 0.29) is 23.7 Å². The van der Waals surface area contributed by atoms with Gasteiger partial charge in [0.2, 0.25) is 5.91 Å². The van der Waals surface area contributed by atoms with Gasteiger partial charge in [0.1, 0.15) is 5.82 Å². The molecule has 138 valence electrons. The Morgan fingerprint density at radius 2 is 2.31 bits per heavy atom. The van der Waals surface area contributed by atoms with E-state index < -0.39 is 0 Å².